The van der Waals surface area contributed by atoms with Crippen molar-refractivity contribution in [2.75, 3.05) is 11.9 Å². The topological polar surface area (TPSA) is 64.3 Å². The molecule has 0 bridgehead atoms. The first-order valence-electron chi connectivity index (χ1n) is 9.94. The van der Waals surface area contributed by atoms with E-state index in [4.69, 9.17) is 27.9 Å². The van der Waals surface area contributed by atoms with Crippen molar-refractivity contribution in [2.45, 2.75) is 32.4 Å². The summed E-state index contributed by atoms with van der Waals surface area (Å²) in [6, 6.07) is 7.34. The molecule has 0 spiro atoms. The van der Waals surface area contributed by atoms with Crippen LogP contribution in [-0.2, 0) is 11.5 Å². The highest BCUT2D eigenvalue weighted by Crippen LogP contribution is 2.43. The zero-order chi connectivity index (χ0) is 23.0. The minimum atomic E-state index is -1.22. The van der Waals surface area contributed by atoms with Crippen molar-refractivity contribution in [1.82, 2.24) is 14.8 Å². The number of nitrogens with zero attached hydrogens (tertiary/aromatic N) is 4. The zero-order valence-electron chi connectivity index (χ0n) is 17.7. The molecule has 6 nitrogen and oxygen atoms in total. The molecule has 3 aromatic rings. The lowest BCUT2D eigenvalue weighted by Crippen LogP contribution is -2.22. The van der Waals surface area contributed by atoms with E-state index in [-0.39, 0.29) is 28.3 Å². The van der Waals surface area contributed by atoms with Crippen LogP contribution in [0.1, 0.15) is 5.56 Å². The van der Waals surface area contributed by atoms with Gasteiger partial charge in [0.1, 0.15) is 34.4 Å². The Bertz CT molecular complexity index is 1190. The smallest absolute Gasteiger partial charge is 0.177 e. The molecule has 0 atom stereocenters. The highest BCUT2D eigenvalue weighted by molar-refractivity contribution is 9.10. The van der Waals surface area contributed by atoms with E-state index in [0.717, 1.165) is 11.6 Å². The second kappa shape index (κ2) is 9.22. The van der Waals surface area contributed by atoms with E-state index in [0.29, 0.717) is 28.3 Å². The van der Waals surface area contributed by atoms with Crippen LogP contribution in [0.3, 0.4) is 0 Å². The Morgan fingerprint density at radius 1 is 1.25 bits per heavy atom. The van der Waals surface area contributed by atoms with Gasteiger partial charge in [-0.25, -0.2) is 19.0 Å². The number of benzene rings is 1. The van der Waals surface area contributed by atoms with Crippen LogP contribution in [0.4, 0.5) is 15.8 Å². The van der Waals surface area contributed by atoms with E-state index in [1.165, 1.54) is 6.07 Å². The van der Waals surface area contributed by atoms with Crippen molar-refractivity contribution in [1.29, 1.82) is 0 Å². The molecule has 11 heteroatoms. The average molecular weight is 557 g/mol. The number of anilines is 1. The van der Waals surface area contributed by atoms with Crippen LogP contribution in [0.15, 0.2) is 40.1 Å². The lowest BCUT2D eigenvalue weighted by atomic mass is 10.1. The Balaban J connectivity index is 1.81. The summed E-state index contributed by atoms with van der Waals surface area (Å²) in [5.74, 6) is -0.282. The first-order chi connectivity index (χ1) is 15.1. The molecule has 0 amide bonds. The number of pyridine rings is 1. The monoisotopic (exact) mass is 555 g/mol. The Morgan fingerprint density at radius 3 is 2.75 bits per heavy atom. The maximum Gasteiger partial charge on any atom is 0.177 e. The summed E-state index contributed by atoms with van der Waals surface area (Å²) in [5.41, 5.74) is 2.56. The molecule has 1 aliphatic heterocycles. The summed E-state index contributed by atoms with van der Waals surface area (Å²) >= 11 is 16.2. The fourth-order valence-electron chi connectivity index (χ4n) is 3.25. The molecular formula is C21H21BrCl2FN5OSi. The molecule has 168 valence electrons. The second-order valence-corrected chi connectivity index (χ2v) is 15.8. The number of ether oxygens (including phenoxy) is 1. The number of halogens is 4. The third kappa shape index (κ3) is 4.91. The maximum absolute atomic E-state index is 14.7. The van der Waals surface area contributed by atoms with Crippen LogP contribution in [0.25, 0.3) is 11.3 Å². The van der Waals surface area contributed by atoms with E-state index in [9.17, 15) is 4.39 Å². The van der Waals surface area contributed by atoms with Gasteiger partial charge in [0.05, 0.1) is 22.5 Å². The lowest BCUT2D eigenvalue weighted by molar-refractivity contribution is 0.0798. The van der Waals surface area contributed by atoms with E-state index in [2.05, 4.69) is 56.0 Å². The van der Waals surface area contributed by atoms with E-state index in [1.54, 1.807) is 23.0 Å². The van der Waals surface area contributed by atoms with Gasteiger partial charge in [0.15, 0.2) is 5.15 Å². The van der Waals surface area contributed by atoms with E-state index >= 15 is 0 Å². The lowest BCUT2D eigenvalue weighted by Gasteiger charge is -2.16. The summed E-state index contributed by atoms with van der Waals surface area (Å²) in [7, 11) is -1.22. The van der Waals surface area contributed by atoms with Gasteiger partial charge in [-0.15, -0.1) is 0 Å². The average Bonchev–Trinajstić information content (AvgIpc) is 2.90. The first kappa shape index (κ1) is 23.4. The van der Waals surface area contributed by atoms with Gasteiger partial charge in [0.2, 0.25) is 0 Å². The number of amidine groups is 1. The maximum atomic E-state index is 14.7. The van der Waals surface area contributed by atoms with Crippen molar-refractivity contribution in [2.24, 2.45) is 4.99 Å². The number of nitrogens with one attached hydrogen (secondary N) is 1. The predicted octanol–water partition coefficient (Wildman–Crippen LogP) is 6.97. The van der Waals surface area contributed by atoms with Crippen molar-refractivity contribution >= 4 is 64.4 Å². The summed E-state index contributed by atoms with van der Waals surface area (Å²) in [4.78, 5) is 8.94. The van der Waals surface area contributed by atoms with Crippen LogP contribution in [-0.4, -0.2) is 35.3 Å². The third-order valence-corrected chi connectivity index (χ3v) is 7.61. The van der Waals surface area contributed by atoms with Gasteiger partial charge in [-0.05, 0) is 40.2 Å². The van der Waals surface area contributed by atoms with Crippen LogP contribution < -0.4 is 5.32 Å². The summed E-state index contributed by atoms with van der Waals surface area (Å²) in [6.45, 7) is 7.73. The van der Waals surface area contributed by atoms with Gasteiger partial charge in [-0.2, -0.15) is 5.10 Å². The Kier molecular flexibility index (Phi) is 6.74. The molecule has 0 fully saturated rings. The Hall–Kier alpha value is -1.78. The van der Waals surface area contributed by atoms with Gasteiger partial charge in [-0.3, -0.25) is 0 Å². The number of fused-ring (bicyclic) bond motifs is 3. The van der Waals surface area contributed by atoms with Gasteiger partial charge in [0.25, 0.3) is 0 Å². The molecule has 0 radical (unpaired) electrons. The number of hydrogen-bond acceptors (Lipinski definition) is 5. The molecule has 4 rings (SSSR count). The predicted molar refractivity (Wildman–Crippen MR) is 134 cm³/mol. The number of aliphatic imine (C=N–C) groups is 1. The second-order valence-electron chi connectivity index (χ2n) is 8.57. The standard InChI is InChI=1S/C21H21BrCl2FN5OSi/c1-32(2,3)8-7-31-11-30-19-12-9-16(22)26-10-15(12)27-21(28-18(19)20(24)29-30)17-13(23)5-4-6-14(17)25/h4-6,9-10H,7-8,11H2,1-3H3,(H,27,28). The third-order valence-electron chi connectivity index (χ3n) is 4.90. The van der Waals surface area contributed by atoms with Crippen molar-refractivity contribution in [3.63, 3.8) is 0 Å². The van der Waals surface area contributed by atoms with Gasteiger partial charge >= 0.3 is 0 Å². The highest BCUT2D eigenvalue weighted by atomic mass is 79.9. The number of aromatic nitrogens is 3. The van der Waals surface area contributed by atoms with Crippen LogP contribution in [0, 0.1) is 5.82 Å². The molecule has 0 saturated heterocycles. The number of rotatable bonds is 6. The first-order valence-corrected chi connectivity index (χ1v) is 15.2. The van der Waals surface area contributed by atoms with Crippen LogP contribution in [0.2, 0.25) is 35.9 Å². The van der Waals surface area contributed by atoms with Gasteiger partial charge in [0, 0.05) is 20.2 Å². The summed E-state index contributed by atoms with van der Waals surface area (Å²) in [6.07, 6.45) is 1.64. The normalized spacial score (nSPS) is 13.2. The molecule has 2 aromatic heterocycles. The van der Waals surface area contributed by atoms with E-state index in [1.807, 2.05) is 6.07 Å². The Labute approximate surface area is 205 Å². The fourth-order valence-corrected chi connectivity index (χ4v) is 4.81. The Morgan fingerprint density at radius 2 is 2.03 bits per heavy atom. The minimum absolute atomic E-state index is 0.145. The molecule has 0 aliphatic carbocycles. The zero-order valence-corrected chi connectivity index (χ0v) is 21.8. The molecule has 32 heavy (non-hydrogen) atoms. The van der Waals surface area contributed by atoms with Crippen molar-refractivity contribution in [3.05, 3.63) is 56.6 Å². The molecule has 1 aliphatic rings. The quantitative estimate of drug-likeness (QED) is 0.202. The van der Waals surface area contributed by atoms with Crippen molar-refractivity contribution in [3.8, 4) is 11.3 Å². The SMILES string of the molecule is C[Si](C)(C)CCOCn1nc(Cl)c2c1-c1cc(Br)ncc1NC(c1c(F)cccc1Cl)=N2. The summed E-state index contributed by atoms with van der Waals surface area (Å²) < 4.78 is 22.9. The molecule has 3 heterocycles. The molecule has 1 aromatic carbocycles. The molecular weight excluding hydrogens is 536 g/mol. The van der Waals surface area contributed by atoms with Crippen molar-refractivity contribution < 1.29 is 9.13 Å². The van der Waals surface area contributed by atoms with E-state index < -0.39 is 13.9 Å². The van der Waals surface area contributed by atoms with Gasteiger partial charge < -0.3 is 10.1 Å². The summed E-state index contributed by atoms with van der Waals surface area (Å²) in [5, 5.41) is 8.02. The largest absolute Gasteiger partial charge is 0.360 e. The van der Waals surface area contributed by atoms with Crippen LogP contribution in [0.5, 0.6) is 0 Å². The number of hydrogen-bond donors (Lipinski definition) is 1. The fraction of sp³-hybridized carbons (Fsp3) is 0.286. The molecule has 1 N–H and O–H groups in total. The molecule has 0 saturated carbocycles. The van der Waals surface area contributed by atoms with Crippen LogP contribution >= 0.6 is 39.1 Å². The molecule has 0 unspecified atom stereocenters. The van der Waals surface area contributed by atoms with Gasteiger partial charge in [-0.1, -0.05) is 48.9 Å². The minimum Gasteiger partial charge on any atom is -0.360 e. The highest BCUT2D eigenvalue weighted by Gasteiger charge is 2.27.